The highest BCUT2D eigenvalue weighted by atomic mass is 32.2. The van der Waals surface area contributed by atoms with E-state index in [1.807, 2.05) is 0 Å². The Hall–Kier alpha value is -2.52. The number of amides is 1. The fraction of sp³-hybridized carbons (Fsp3) is 0.409. The van der Waals surface area contributed by atoms with Gasteiger partial charge in [0.05, 0.1) is 10.6 Å². The van der Waals surface area contributed by atoms with E-state index in [0.29, 0.717) is 30.1 Å². The molecule has 0 aromatic heterocycles. The molecule has 1 aliphatic heterocycles. The first kappa shape index (κ1) is 23.1. The maximum Gasteiger partial charge on any atom is 0.387 e. The number of piperidine rings is 1. The van der Waals surface area contributed by atoms with Gasteiger partial charge in [-0.3, -0.25) is 4.79 Å². The number of halogens is 2. The quantitative estimate of drug-likeness (QED) is 0.696. The summed E-state index contributed by atoms with van der Waals surface area (Å²) in [5, 5.41) is 2.54. The summed E-state index contributed by atoms with van der Waals surface area (Å²) in [5.41, 5.74) is 1.42. The van der Waals surface area contributed by atoms with Gasteiger partial charge in [-0.05, 0) is 68.0 Å². The number of carbonyl (C=O) groups is 1. The Balaban J connectivity index is 1.92. The van der Waals surface area contributed by atoms with Crippen molar-refractivity contribution < 1.29 is 26.7 Å². The van der Waals surface area contributed by atoms with Crippen molar-refractivity contribution >= 4 is 21.6 Å². The van der Waals surface area contributed by atoms with E-state index < -0.39 is 22.5 Å². The van der Waals surface area contributed by atoms with Gasteiger partial charge in [0, 0.05) is 18.7 Å². The summed E-state index contributed by atoms with van der Waals surface area (Å²) in [4.78, 5) is 12.9. The molecular formula is C22H26F2N2O4S. The van der Waals surface area contributed by atoms with Crippen molar-refractivity contribution in [1.29, 1.82) is 0 Å². The molecule has 1 heterocycles. The van der Waals surface area contributed by atoms with Crippen molar-refractivity contribution in [2.24, 2.45) is 5.92 Å². The van der Waals surface area contributed by atoms with Crippen LogP contribution in [0.4, 0.5) is 14.5 Å². The van der Waals surface area contributed by atoms with Crippen molar-refractivity contribution in [1.82, 2.24) is 4.31 Å². The molecular weight excluding hydrogens is 426 g/mol. The number of hydrogen-bond acceptors (Lipinski definition) is 4. The van der Waals surface area contributed by atoms with Gasteiger partial charge in [-0.2, -0.15) is 13.1 Å². The number of anilines is 1. The third kappa shape index (κ3) is 5.22. The second-order valence-electron chi connectivity index (χ2n) is 7.83. The van der Waals surface area contributed by atoms with Crippen LogP contribution in [0.3, 0.4) is 0 Å². The fourth-order valence-corrected chi connectivity index (χ4v) is 5.35. The fourth-order valence-electron chi connectivity index (χ4n) is 3.55. The molecule has 1 fully saturated rings. The van der Waals surface area contributed by atoms with E-state index in [4.69, 9.17) is 0 Å². The summed E-state index contributed by atoms with van der Waals surface area (Å²) < 4.78 is 57.7. The van der Waals surface area contributed by atoms with Gasteiger partial charge < -0.3 is 10.1 Å². The summed E-state index contributed by atoms with van der Waals surface area (Å²) in [6.45, 7) is 3.39. The second-order valence-corrected chi connectivity index (χ2v) is 9.74. The van der Waals surface area contributed by atoms with Crippen LogP contribution in [0.25, 0.3) is 0 Å². The average Bonchev–Trinajstić information content (AvgIpc) is 2.71. The summed E-state index contributed by atoms with van der Waals surface area (Å²) in [5.74, 6) is -0.316. The van der Waals surface area contributed by atoms with Crippen LogP contribution < -0.4 is 10.1 Å². The lowest BCUT2D eigenvalue weighted by molar-refractivity contribution is -0.0493. The Labute approximate surface area is 181 Å². The molecule has 1 aliphatic rings. The molecule has 6 nitrogen and oxygen atoms in total. The van der Waals surface area contributed by atoms with E-state index in [-0.39, 0.29) is 21.9 Å². The van der Waals surface area contributed by atoms with E-state index in [2.05, 4.69) is 17.0 Å². The molecule has 9 heteroatoms. The van der Waals surface area contributed by atoms with Gasteiger partial charge in [0.1, 0.15) is 5.75 Å². The third-order valence-electron chi connectivity index (χ3n) is 5.59. The van der Waals surface area contributed by atoms with Gasteiger partial charge in [-0.15, -0.1) is 0 Å². The molecule has 0 aliphatic carbocycles. The number of rotatable bonds is 6. The summed E-state index contributed by atoms with van der Waals surface area (Å²) in [6, 6.07) is 8.76. The van der Waals surface area contributed by atoms with Crippen LogP contribution in [0.15, 0.2) is 41.3 Å². The normalized spacial score (nSPS) is 15.8. The molecule has 2 aromatic rings. The number of para-hydroxylation sites is 2. The number of sulfonamides is 1. The number of aryl methyl sites for hydroxylation is 1. The zero-order valence-corrected chi connectivity index (χ0v) is 18.5. The average molecular weight is 453 g/mol. The maximum absolute atomic E-state index is 13.3. The molecule has 31 heavy (non-hydrogen) atoms. The zero-order valence-electron chi connectivity index (χ0n) is 17.7. The molecule has 0 unspecified atom stereocenters. The summed E-state index contributed by atoms with van der Waals surface area (Å²) >= 11 is 0. The molecule has 0 bridgehead atoms. The van der Waals surface area contributed by atoms with Crippen LogP contribution in [-0.4, -0.2) is 38.3 Å². The number of nitrogens with zero attached hydrogens (tertiary/aromatic N) is 1. The Kier molecular flexibility index (Phi) is 6.96. The molecule has 0 atom stereocenters. The molecule has 0 saturated carbocycles. The van der Waals surface area contributed by atoms with Crippen LogP contribution in [0.2, 0.25) is 0 Å². The third-order valence-corrected chi connectivity index (χ3v) is 7.62. The van der Waals surface area contributed by atoms with Crippen molar-refractivity contribution in [3.63, 3.8) is 0 Å². The predicted octanol–water partition coefficient (Wildman–Crippen LogP) is 4.58. The molecule has 3 rings (SSSR count). The Morgan fingerprint density at radius 3 is 2.45 bits per heavy atom. The number of alkyl halides is 2. The zero-order chi connectivity index (χ0) is 22.8. The van der Waals surface area contributed by atoms with Crippen LogP contribution in [0.1, 0.15) is 41.3 Å². The van der Waals surface area contributed by atoms with Gasteiger partial charge in [0.25, 0.3) is 5.91 Å². The van der Waals surface area contributed by atoms with Gasteiger partial charge in [-0.25, -0.2) is 8.42 Å². The number of nitrogens with one attached hydrogen (secondary N) is 1. The highest BCUT2D eigenvalue weighted by molar-refractivity contribution is 7.89. The van der Waals surface area contributed by atoms with Crippen molar-refractivity contribution in [3.05, 3.63) is 53.1 Å². The first-order valence-corrected chi connectivity index (χ1v) is 11.5. The molecule has 1 N–H and O–H groups in total. The lowest BCUT2D eigenvalue weighted by atomic mass is 10.0. The monoisotopic (exact) mass is 452 g/mol. The van der Waals surface area contributed by atoms with Crippen LogP contribution in [0.5, 0.6) is 5.75 Å². The summed E-state index contributed by atoms with van der Waals surface area (Å²) in [6.07, 6.45) is 1.58. The van der Waals surface area contributed by atoms with E-state index in [0.717, 1.165) is 12.8 Å². The minimum atomic E-state index is -3.76. The van der Waals surface area contributed by atoms with Crippen molar-refractivity contribution in [2.45, 2.75) is 45.1 Å². The van der Waals surface area contributed by atoms with E-state index in [1.54, 1.807) is 26.0 Å². The van der Waals surface area contributed by atoms with E-state index >= 15 is 0 Å². The van der Waals surface area contributed by atoms with E-state index in [9.17, 15) is 22.0 Å². The molecule has 2 aromatic carbocycles. The van der Waals surface area contributed by atoms with E-state index in [1.165, 1.54) is 28.6 Å². The minimum Gasteiger partial charge on any atom is -0.433 e. The molecule has 168 valence electrons. The topological polar surface area (TPSA) is 75.7 Å². The number of benzene rings is 2. The molecule has 0 radical (unpaired) electrons. The highest BCUT2D eigenvalue weighted by Gasteiger charge is 2.30. The molecule has 1 amide bonds. The van der Waals surface area contributed by atoms with Gasteiger partial charge in [-0.1, -0.05) is 19.1 Å². The highest BCUT2D eigenvalue weighted by Crippen LogP contribution is 2.30. The lowest BCUT2D eigenvalue weighted by Gasteiger charge is -2.30. The van der Waals surface area contributed by atoms with Crippen LogP contribution in [0, 0.1) is 19.8 Å². The Morgan fingerprint density at radius 2 is 1.81 bits per heavy atom. The summed E-state index contributed by atoms with van der Waals surface area (Å²) in [7, 11) is -3.76. The number of carbonyl (C=O) groups excluding carboxylic acids is 1. The van der Waals surface area contributed by atoms with Crippen molar-refractivity contribution in [2.75, 3.05) is 18.4 Å². The second kappa shape index (κ2) is 9.32. The number of hydrogen-bond donors (Lipinski definition) is 1. The first-order valence-electron chi connectivity index (χ1n) is 10.1. The molecule has 1 saturated heterocycles. The van der Waals surface area contributed by atoms with Gasteiger partial charge in [0.15, 0.2) is 0 Å². The number of ether oxygens (including phenoxy) is 1. The largest absolute Gasteiger partial charge is 0.433 e. The standard InChI is InChI=1S/C22H26F2N2O4S/c1-14-8-10-26(11-9-14)31(28,29)20-13-17(12-15(2)16(20)3)21(27)25-18-6-4-5-7-19(18)30-22(23)24/h4-7,12-14,22H,8-11H2,1-3H3,(H,25,27). The maximum atomic E-state index is 13.3. The Morgan fingerprint density at radius 1 is 1.16 bits per heavy atom. The van der Waals surface area contributed by atoms with Crippen LogP contribution >= 0.6 is 0 Å². The molecule has 0 spiro atoms. The van der Waals surface area contributed by atoms with Gasteiger partial charge >= 0.3 is 6.61 Å². The first-order chi connectivity index (χ1) is 14.6. The Bertz CT molecular complexity index is 1070. The smallest absolute Gasteiger partial charge is 0.387 e. The predicted molar refractivity (Wildman–Crippen MR) is 114 cm³/mol. The van der Waals surface area contributed by atoms with Crippen LogP contribution in [-0.2, 0) is 10.0 Å². The SMILES string of the molecule is Cc1cc(C(=O)Nc2ccccc2OC(F)F)cc(S(=O)(=O)N2CCC(C)CC2)c1C. The lowest BCUT2D eigenvalue weighted by Crippen LogP contribution is -2.38. The van der Waals surface area contributed by atoms with Crippen molar-refractivity contribution in [3.8, 4) is 5.75 Å². The van der Waals surface area contributed by atoms with Gasteiger partial charge in [0.2, 0.25) is 10.0 Å². The minimum absolute atomic E-state index is 0.0699.